The normalized spacial score (nSPS) is 19.8. The molecular formula is C25H35N3O5S. The number of hydrogen-bond donors (Lipinski definition) is 2. The lowest BCUT2D eigenvalue weighted by molar-refractivity contribution is -0.124. The molecule has 1 aliphatic carbocycles. The monoisotopic (exact) mass is 489 g/mol. The van der Waals surface area contributed by atoms with Crippen molar-refractivity contribution < 1.29 is 24.0 Å². The summed E-state index contributed by atoms with van der Waals surface area (Å²) in [7, 11) is 3.28. The van der Waals surface area contributed by atoms with E-state index >= 15 is 0 Å². The predicted octanol–water partition coefficient (Wildman–Crippen LogP) is 2.55. The highest BCUT2D eigenvalue weighted by Gasteiger charge is 2.51. The van der Waals surface area contributed by atoms with E-state index in [1.165, 1.54) is 9.80 Å². The number of rotatable bonds is 5. The van der Waals surface area contributed by atoms with Crippen molar-refractivity contribution in [1.29, 1.82) is 0 Å². The molecule has 2 amide bonds. The molecule has 186 valence electrons. The van der Waals surface area contributed by atoms with E-state index in [1.807, 2.05) is 39.0 Å². The van der Waals surface area contributed by atoms with Crippen LogP contribution >= 0.6 is 0 Å². The molecule has 1 aromatic rings. The number of nitrogens with one attached hydrogen (secondary N) is 1. The summed E-state index contributed by atoms with van der Waals surface area (Å²) in [5.74, 6) is 5.40. The summed E-state index contributed by atoms with van der Waals surface area (Å²) in [6.07, 6.45) is 1.28. The van der Waals surface area contributed by atoms with Crippen LogP contribution in [0.5, 0.6) is 0 Å². The maximum absolute atomic E-state index is 13.1. The molecule has 1 fully saturated rings. The highest BCUT2D eigenvalue weighted by molar-refractivity contribution is 7.90. The number of methoxy groups -OCH3 is 1. The molecule has 8 nitrogen and oxygen atoms in total. The van der Waals surface area contributed by atoms with E-state index in [-0.39, 0.29) is 17.4 Å². The van der Waals surface area contributed by atoms with Crippen LogP contribution < -0.4 is 4.72 Å². The Labute approximate surface area is 205 Å². The minimum absolute atomic E-state index is 0.180. The lowest BCUT2D eigenvalue weighted by atomic mass is 9.73. The Morgan fingerprint density at radius 3 is 2.62 bits per heavy atom. The molecule has 1 heterocycles. The first-order valence-corrected chi connectivity index (χ1v) is 12.7. The van der Waals surface area contributed by atoms with Crippen molar-refractivity contribution in [3.05, 3.63) is 34.9 Å². The van der Waals surface area contributed by atoms with Crippen molar-refractivity contribution in [2.24, 2.45) is 5.41 Å². The maximum atomic E-state index is 13.1. The standard InChI is InChI=1S/C25H35N3O5S/c1-24(2,3)34(32)26-22-20-16-18(7-9-21(29)27(4)14-15-33-5)6-8-19(20)17-25(22)10-12-28(13-11-25)23(30)31/h6,8,16,22,26H,10-15,17H2,1-5H3,(H,30,31)/t22-,34-/m1/s1. The van der Waals surface area contributed by atoms with Gasteiger partial charge < -0.3 is 24.2 Å². The molecule has 1 aliphatic heterocycles. The summed E-state index contributed by atoms with van der Waals surface area (Å²) in [4.78, 5) is 26.7. The van der Waals surface area contributed by atoms with Crippen LogP contribution in [0.4, 0.5) is 4.79 Å². The number of benzene rings is 1. The Balaban J connectivity index is 1.88. The van der Waals surface area contributed by atoms with E-state index in [0.29, 0.717) is 39.1 Å². The van der Waals surface area contributed by atoms with Crippen molar-refractivity contribution in [2.45, 2.75) is 50.8 Å². The van der Waals surface area contributed by atoms with E-state index in [0.717, 1.165) is 23.1 Å². The van der Waals surface area contributed by atoms with Crippen LogP contribution in [-0.2, 0) is 27.3 Å². The van der Waals surface area contributed by atoms with E-state index in [1.54, 1.807) is 14.2 Å². The smallest absolute Gasteiger partial charge is 0.407 e. The van der Waals surface area contributed by atoms with E-state index in [2.05, 4.69) is 16.6 Å². The summed E-state index contributed by atoms with van der Waals surface area (Å²) in [5.41, 5.74) is 2.70. The molecule has 0 unspecified atom stereocenters. The van der Waals surface area contributed by atoms with Crippen molar-refractivity contribution in [3.63, 3.8) is 0 Å². The summed E-state index contributed by atoms with van der Waals surface area (Å²) < 4.78 is 21.0. The third kappa shape index (κ3) is 5.87. The van der Waals surface area contributed by atoms with Crippen LogP contribution in [0.2, 0.25) is 0 Å². The Morgan fingerprint density at radius 2 is 2.03 bits per heavy atom. The summed E-state index contributed by atoms with van der Waals surface area (Å²) in [5, 5.41) is 9.40. The molecule has 0 aromatic heterocycles. The zero-order chi connectivity index (χ0) is 25.1. The zero-order valence-corrected chi connectivity index (χ0v) is 21.5. The summed E-state index contributed by atoms with van der Waals surface area (Å²) in [6, 6.07) is 5.75. The molecule has 1 aromatic carbocycles. The molecule has 34 heavy (non-hydrogen) atoms. The number of carboxylic acid groups (broad SMARTS) is 1. The molecule has 9 heteroatoms. The number of likely N-dealkylation sites (N-methyl/N-ethyl adjacent to an activating group) is 1. The first kappa shape index (κ1) is 26.4. The van der Waals surface area contributed by atoms with Gasteiger partial charge in [0, 0.05) is 62.1 Å². The minimum Gasteiger partial charge on any atom is -0.598 e. The largest absolute Gasteiger partial charge is 0.598 e. The number of hydrogen-bond acceptors (Lipinski definition) is 5. The van der Waals surface area contributed by atoms with Gasteiger partial charge in [-0.3, -0.25) is 4.79 Å². The SMILES string of the molecule is COCCN(C)C(=O)C#Cc1ccc2c(c1)[C@@H](N[S@+]([O-])C(C)(C)C)C1(CCN(C(=O)O)CC1)C2. The summed E-state index contributed by atoms with van der Waals surface area (Å²) >= 11 is -1.30. The van der Waals surface area contributed by atoms with E-state index < -0.39 is 22.2 Å². The summed E-state index contributed by atoms with van der Waals surface area (Å²) in [6.45, 7) is 7.62. The number of likely N-dealkylation sites (tertiary alicyclic amines) is 1. The van der Waals surface area contributed by atoms with E-state index in [9.17, 15) is 19.2 Å². The Morgan fingerprint density at radius 1 is 1.35 bits per heavy atom. The van der Waals surface area contributed by atoms with Crippen LogP contribution in [0.3, 0.4) is 0 Å². The van der Waals surface area contributed by atoms with Crippen LogP contribution in [0.15, 0.2) is 18.2 Å². The molecule has 2 aliphatic rings. The fourth-order valence-corrected chi connectivity index (χ4v) is 5.49. The van der Waals surface area contributed by atoms with Crippen molar-refractivity contribution in [1.82, 2.24) is 14.5 Å². The Bertz CT molecular complexity index is 973. The van der Waals surface area contributed by atoms with Crippen LogP contribution in [0, 0.1) is 17.3 Å². The number of carbonyl (C=O) groups excluding carboxylic acids is 1. The molecule has 3 rings (SSSR count). The molecule has 0 bridgehead atoms. The lowest BCUT2D eigenvalue weighted by Gasteiger charge is -2.43. The molecule has 0 radical (unpaired) electrons. The molecule has 2 N–H and O–H groups in total. The Kier molecular flexibility index (Phi) is 8.19. The molecule has 1 saturated heterocycles. The lowest BCUT2D eigenvalue weighted by Crippen LogP contribution is -2.50. The van der Waals surface area contributed by atoms with Crippen LogP contribution in [0.1, 0.15) is 56.3 Å². The number of nitrogens with zero attached hydrogens (tertiary/aromatic N) is 2. The third-order valence-electron chi connectivity index (χ3n) is 6.71. The van der Waals surface area contributed by atoms with Gasteiger partial charge in [0.2, 0.25) is 0 Å². The van der Waals surface area contributed by atoms with Gasteiger partial charge in [-0.2, -0.15) is 0 Å². The first-order chi connectivity index (χ1) is 16.0. The van der Waals surface area contributed by atoms with Crippen LogP contribution in [-0.4, -0.2) is 76.6 Å². The topological polar surface area (TPSA) is 105 Å². The average Bonchev–Trinajstić information content (AvgIpc) is 3.07. The fourth-order valence-electron chi connectivity index (χ4n) is 4.55. The van der Waals surface area contributed by atoms with Gasteiger partial charge >= 0.3 is 6.09 Å². The van der Waals surface area contributed by atoms with Gasteiger partial charge in [-0.05, 0) is 63.3 Å². The predicted molar refractivity (Wildman–Crippen MR) is 132 cm³/mol. The van der Waals surface area contributed by atoms with Gasteiger partial charge in [0.1, 0.15) is 4.75 Å². The quantitative estimate of drug-likeness (QED) is 0.487. The highest BCUT2D eigenvalue weighted by Crippen LogP contribution is 2.52. The van der Waals surface area contributed by atoms with Gasteiger partial charge in [0.25, 0.3) is 5.91 Å². The maximum Gasteiger partial charge on any atom is 0.407 e. The fraction of sp³-hybridized carbons (Fsp3) is 0.600. The molecule has 0 saturated carbocycles. The second kappa shape index (κ2) is 10.6. The van der Waals surface area contributed by atoms with Gasteiger partial charge in [0.05, 0.1) is 12.6 Å². The van der Waals surface area contributed by atoms with Crippen LogP contribution in [0.25, 0.3) is 0 Å². The number of amides is 2. The molecule has 2 atom stereocenters. The number of fused-ring (bicyclic) bond motifs is 1. The van der Waals surface area contributed by atoms with E-state index in [4.69, 9.17) is 4.74 Å². The van der Waals surface area contributed by atoms with Crippen molar-refractivity contribution in [3.8, 4) is 11.8 Å². The second-order valence-corrected chi connectivity index (χ2v) is 12.1. The number of carbonyl (C=O) groups is 2. The number of piperidine rings is 1. The second-order valence-electron chi connectivity index (χ2n) is 10.1. The van der Waals surface area contributed by atoms with Crippen molar-refractivity contribution >= 4 is 23.4 Å². The van der Waals surface area contributed by atoms with Gasteiger partial charge in [-0.15, -0.1) is 4.72 Å². The molecular weight excluding hydrogens is 454 g/mol. The number of ether oxygens (including phenoxy) is 1. The Hall–Kier alpha value is -2.25. The average molecular weight is 490 g/mol. The van der Waals surface area contributed by atoms with Gasteiger partial charge in [-0.25, -0.2) is 4.79 Å². The zero-order valence-electron chi connectivity index (χ0n) is 20.6. The minimum atomic E-state index is -1.30. The van der Waals surface area contributed by atoms with Gasteiger partial charge in [-0.1, -0.05) is 12.0 Å². The highest BCUT2D eigenvalue weighted by atomic mass is 32.2. The molecule has 1 spiro atoms. The van der Waals surface area contributed by atoms with Crippen molar-refractivity contribution in [2.75, 3.05) is 40.4 Å². The third-order valence-corrected chi connectivity index (χ3v) is 8.28. The van der Waals surface area contributed by atoms with Gasteiger partial charge in [0.15, 0.2) is 0 Å². The first-order valence-electron chi connectivity index (χ1n) is 11.5.